The van der Waals surface area contributed by atoms with Crippen LogP contribution in [0.15, 0.2) is 29.0 Å². The molecular formula is C17H14Cl3NO4S. The Balaban J connectivity index is 1.98. The number of aliphatic hydroxyl groups is 3. The molecule has 0 spiro atoms. The molecule has 0 amide bonds. The standard InChI is InChI=1S/C17H14Cl3NO4S/c18-9-3-8-11(4-10(9)19)21(16(20)13(8)7-1-2-26-6-7)17-15(24)14(23)12(5-22)25-17/h1-4,6,12,14-15,17,22-24H,5H2/t12-,14-,15-,17-/m1/s1. The van der Waals surface area contributed by atoms with E-state index in [0.717, 1.165) is 16.5 Å². The zero-order chi connectivity index (χ0) is 18.6. The summed E-state index contributed by atoms with van der Waals surface area (Å²) < 4.78 is 7.24. The molecule has 3 heterocycles. The van der Waals surface area contributed by atoms with E-state index in [0.29, 0.717) is 20.7 Å². The molecular weight excluding hydrogens is 421 g/mol. The van der Waals surface area contributed by atoms with Crippen LogP contribution in [0.25, 0.3) is 22.0 Å². The van der Waals surface area contributed by atoms with Gasteiger partial charge in [-0.3, -0.25) is 0 Å². The number of thiophene rings is 1. The lowest BCUT2D eigenvalue weighted by atomic mass is 10.1. The molecule has 0 bridgehead atoms. The molecule has 2 aromatic heterocycles. The second-order valence-electron chi connectivity index (χ2n) is 6.06. The summed E-state index contributed by atoms with van der Waals surface area (Å²) in [6.45, 7) is -0.421. The van der Waals surface area contributed by atoms with Crippen LogP contribution in [0, 0.1) is 0 Å². The van der Waals surface area contributed by atoms with Gasteiger partial charge in [-0.1, -0.05) is 34.8 Å². The molecule has 5 nitrogen and oxygen atoms in total. The highest BCUT2D eigenvalue weighted by Gasteiger charge is 2.44. The maximum atomic E-state index is 10.4. The van der Waals surface area contributed by atoms with Crippen LogP contribution >= 0.6 is 46.1 Å². The fraction of sp³-hybridized carbons (Fsp3) is 0.294. The molecule has 4 rings (SSSR count). The summed E-state index contributed by atoms with van der Waals surface area (Å²) in [7, 11) is 0. The van der Waals surface area contributed by atoms with Gasteiger partial charge >= 0.3 is 0 Å². The predicted molar refractivity (Wildman–Crippen MR) is 103 cm³/mol. The van der Waals surface area contributed by atoms with Crippen LogP contribution in [0.2, 0.25) is 15.2 Å². The molecule has 9 heteroatoms. The number of rotatable bonds is 3. The van der Waals surface area contributed by atoms with E-state index in [2.05, 4.69) is 0 Å². The van der Waals surface area contributed by atoms with Crippen molar-refractivity contribution in [1.29, 1.82) is 0 Å². The van der Waals surface area contributed by atoms with Gasteiger partial charge < -0.3 is 24.6 Å². The van der Waals surface area contributed by atoms with Crippen molar-refractivity contribution < 1.29 is 20.1 Å². The summed E-state index contributed by atoms with van der Waals surface area (Å²) in [5.74, 6) is 0. The van der Waals surface area contributed by atoms with Gasteiger partial charge in [-0.05, 0) is 34.5 Å². The lowest BCUT2D eigenvalue weighted by Gasteiger charge is -2.19. The van der Waals surface area contributed by atoms with Crippen LogP contribution in [0.5, 0.6) is 0 Å². The van der Waals surface area contributed by atoms with E-state index < -0.39 is 31.1 Å². The molecule has 1 aliphatic heterocycles. The topological polar surface area (TPSA) is 74.9 Å². The van der Waals surface area contributed by atoms with Gasteiger partial charge in [0.05, 0.1) is 22.2 Å². The Labute approximate surface area is 167 Å². The average molecular weight is 435 g/mol. The van der Waals surface area contributed by atoms with Crippen LogP contribution in [-0.4, -0.2) is 44.8 Å². The van der Waals surface area contributed by atoms with Crippen molar-refractivity contribution in [1.82, 2.24) is 4.57 Å². The third-order valence-electron chi connectivity index (χ3n) is 4.57. The van der Waals surface area contributed by atoms with E-state index in [1.54, 1.807) is 16.7 Å². The first-order valence-corrected chi connectivity index (χ1v) is 9.85. The van der Waals surface area contributed by atoms with Crippen molar-refractivity contribution in [3.05, 3.63) is 44.2 Å². The molecule has 3 N–H and O–H groups in total. The summed E-state index contributed by atoms with van der Waals surface area (Å²) in [6, 6.07) is 5.29. The largest absolute Gasteiger partial charge is 0.394 e. The second-order valence-corrected chi connectivity index (χ2v) is 8.01. The van der Waals surface area contributed by atoms with Crippen LogP contribution in [-0.2, 0) is 4.74 Å². The SMILES string of the molecule is OC[C@H]1O[C@@H](n2c(Cl)c(-c3ccsc3)c3cc(Cl)c(Cl)cc32)[C@H](O)[C@@H]1O. The minimum Gasteiger partial charge on any atom is -0.394 e. The fourth-order valence-electron chi connectivity index (χ4n) is 3.30. The van der Waals surface area contributed by atoms with Crippen LogP contribution in [0.4, 0.5) is 0 Å². The van der Waals surface area contributed by atoms with Gasteiger partial charge in [0.1, 0.15) is 23.5 Å². The van der Waals surface area contributed by atoms with Gasteiger partial charge in [0.15, 0.2) is 6.23 Å². The van der Waals surface area contributed by atoms with Crippen LogP contribution in [0.3, 0.4) is 0 Å². The Morgan fingerprint density at radius 2 is 1.85 bits per heavy atom. The lowest BCUT2D eigenvalue weighted by Crippen LogP contribution is -2.33. The monoisotopic (exact) mass is 433 g/mol. The molecule has 0 saturated carbocycles. The van der Waals surface area contributed by atoms with Crippen molar-refractivity contribution in [3.8, 4) is 11.1 Å². The average Bonchev–Trinajstić information content (AvgIpc) is 3.29. The molecule has 1 fully saturated rings. The highest BCUT2D eigenvalue weighted by atomic mass is 35.5. The maximum Gasteiger partial charge on any atom is 0.164 e. The molecule has 26 heavy (non-hydrogen) atoms. The minimum atomic E-state index is -1.26. The number of aromatic nitrogens is 1. The number of ether oxygens (including phenoxy) is 1. The highest BCUT2D eigenvalue weighted by Crippen LogP contribution is 2.45. The van der Waals surface area contributed by atoms with Crippen LogP contribution < -0.4 is 0 Å². The van der Waals surface area contributed by atoms with Gasteiger partial charge in [0, 0.05) is 10.9 Å². The number of benzene rings is 1. The van der Waals surface area contributed by atoms with E-state index in [-0.39, 0.29) is 0 Å². The predicted octanol–water partition coefficient (Wildman–Crippen LogP) is 3.94. The van der Waals surface area contributed by atoms with Gasteiger partial charge in [0.2, 0.25) is 0 Å². The maximum absolute atomic E-state index is 10.4. The Morgan fingerprint density at radius 3 is 2.46 bits per heavy atom. The number of halogens is 3. The summed E-state index contributed by atoms with van der Waals surface area (Å²) in [5, 5.41) is 35.6. The van der Waals surface area contributed by atoms with E-state index in [9.17, 15) is 15.3 Å². The van der Waals surface area contributed by atoms with Crippen molar-refractivity contribution in [2.24, 2.45) is 0 Å². The molecule has 0 unspecified atom stereocenters. The summed E-state index contributed by atoms with van der Waals surface area (Å²) in [4.78, 5) is 0. The first kappa shape index (κ1) is 18.5. The summed E-state index contributed by atoms with van der Waals surface area (Å²) in [6.07, 6.45) is -4.37. The van der Waals surface area contributed by atoms with Gasteiger partial charge in [0.25, 0.3) is 0 Å². The van der Waals surface area contributed by atoms with Crippen molar-refractivity contribution in [2.45, 2.75) is 24.5 Å². The van der Waals surface area contributed by atoms with Crippen molar-refractivity contribution in [3.63, 3.8) is 0 Å². The third kappa shape index (κ3) is 2.77. The van der Waals surface area contributed by atoms with Gasteiger partial charge in [-0.15, -0.1) is 0 Å². The molecule has 1 aliphatic rings. The number of aliphatic hydroxyl groups excluding tert-OH is 3. The molecule has 0 radical (unpaired) electrons. The second kappa shape index (κ2) is 6.96. The number of fused-ring (bicyclic) bond motifs is 1. The van der Waals surface area contributed by atoms with E-state index in [4.69, 9.17) is 39.5 Å². The summed E-state index contributed by atoms with van der Waals surface area (Å²) >= 11 is 20.6. The minimum absolute atomic E-state index is 0.326. The van der Waals surface area contributed by atoms with Crippen molar-refractivity contribution >= 4 is 57.0 Å². The molecule has 3 aromatic rings. The molecule has 4 atom stereocenters. The number of hydrogen-bond donors (Lipinski definition) is 3. The fourth-order valence-corrected chi connectivity index (χ4v) is 4.66. The smallest absolute Gasteiger partial charge is 0.164 e. The van der Waals surface area contributed by atoms with E-state index in [1.165, 1.54) is 11.3 Å². The third-order valence-corrected chi connectivity index (χ3v) is 6.34. The normalized spacial score (nSPS) is 26.1. The van der Waals surface area contributed by atoms with E-state index in [1.807, 2.05) is 16.8 Å². The lowest BCUT2D eigenvalue weighted by molar-refractivity contribution is -0.0504. The first-order valence-electron chi connectivity index (χ1n) is 7.77. The zero-order valence-corrected chi connectivity index (χ0v) is 16.2. The Hall–Kier alpha value is -0.830. The Kier molecular flexibility index (Phi) is 4.96. The van der Waals surface area contributed by atoms with Gasteiger partial charge in [-0.25, -0.2) is 0 Å². The number of nitrogens with zero attached hydrogens (tertiary/aromatic N) is 1. The molecule has 0 aliphatic carbocycles. The highest BCUT2D eigenvalue weighted by molar-refractivity contribution is 7.08. The van der Waals surface area contributed by atoms with Gasteiger partial charge in [-0.2, -0.15) is 11.3 Å². The van der Waals surface area contributed by atoms with Crippen molar-refractivity contribution in [2.75, 3.05) is 6.61 Å². The summed E-state index contributed by atoms with van der Waals surface area (Å²) in [5.41, 5.74) is 2.24. The zero-order valence-electron chi connectivity index (χ0n) is 13.1. The first-order chi connectivity index (χ1) is 12.4. The van der Waals surface area contributed by atoms with Crippen LogP contribution in [0.1, 0.15) is 6.23 Å². The van der Waals surface area contributed by atoms with E-state index >= 15 is 0 Å². The number of hydrogen-bond acceptors (Lipinski definition) is 5. The molecule has 1 aromatic carbocycles. The Morgan fingerprint density at radius 1 is 1.12 bits per heavy atom. The molecule has 138 valence electrons. The molecule has 1 saturated heterocycles. The quantitative estimate of drug-likeness (QED) is 0.584. The Bertz CT molecular complexity index is 959.